The predicted octanol–water partition coefficient (Wildman–Crippen LogP) is 8.23. The molecule has 4 aromatic rings. The quantitative estimate of drug-likeness (QED) is 0.0587. The molecule has 12 nitrogen and oxygen atoms in total. The summed E-state index contributed by atoms with van der Waals surface area (Å²) in [6.45, 7) is 26.5. The van der Waals surface area contributed by atoms with Gasteiger partial charge in [-0.15, -0.1) is 21.5 Å². The van der Waals surface area contributed by atoms with Crippen molar-refractivity contribution in [1.82, 2.24) is 24.6 Å². The van der Waals surface area contributed by atoms with Crippen LogP contribution >= 0.6 is 22.7 Å². The number of carbonyl (C=O) groups is 1. The molecule has 1 fully saturated rings. The first-order valence-electron chi connectivity index (χ1n) is 18.9. The zero-order valence-corrected chi connectivity index (χ0v) is 37.4. The van der Waals surface area contributed by atoms with Gasteiger partial charge in [-0.3, -0.25) is 9.47 Å². The normalized spacial score (nSPS) is 15.6. The van der Waals surface area contributed by atoms with E-state index in [9.17, 15) is 4.79 Å². The van der Waals surface area contributed by atoms with E-state index in [-0.39, 0.29) is 16.8 Å². The van der Waals surface area contributed by atoms with Gasteiger partial charge in [-0.25, -0.2) is 9.78 Å². The minimum Gasteiger partial charge on any atom is -0.464 e. The molecule has 0 amide bonds. The van der Waals surface area contributed by atoms with Gasteiger partial charge >= 0.3 is 5.97 Å². The minimum atomic E-state index is -2.02. The molecule has 1 atom stereocenters. The molecule has 296 valence electrons. The average Bonchev–Trinajstić information content (AvgIpc) is 3.73. The maximum Gasteiger partial charge on any atom is 0.357 e. The van der Waals surface area contributed by atoms with Crippen LogP contribution in [0.5, 0.6) is 0 Å². The van der Waals surface area contributed by atoms with Crippen molar-refractivity contribution in [1.29, 1.82) is 0 Å². The highest BCUT2D eigenvalue weighted by Crippen LogP contribution is 2.38. The highest BCUT2D eigenvalue weighted by molar-refractivity contribution is 7.16. The van der Waals surface area contributed by atoms with E-state index in [1.54, 1.807) is 16.7 Å². The van der Waals surface area contributed by atoms with Gasteiger partial charge in [-0.1, -0.05) is 63.9 Å². The third kappa shape index (κ3) is 11.4. The number of methoxy groups -OCH3 is 1. The molecule has 1 saturated heterocycles. The van der Waals surface area contributed by atoms with Crippen LogP contribution in [0.2, 0.25) is 43.8 Å². The van der Waals surface area contributed by atoms with Crippen LogP contribution in [-0.2, 0) is 25.4 Å². The lowest BCUT2D eigenvalue weighted by Gasteiger charge is -2.41. The van der Waals surface area contributed by atoms with Crippen LogP contribution in [0.1, 0.15) is 49.7 Å². The van der Waals surface area contributed by atoms with Crippen LogP contribution in [0.3, 0.4) is 0 Å². The van der Waals surface area contributed by atoms with Crippen molar-refractivity contribution in [3.8, 4) is 0 Å². The lowest BCUT2D eigenvalue weighted by atomic mass is 10.1. The number of thiazole rings is 2. The topological polar surface area (TPSA) is 116 Å². The summed E-state index contributed by atoms with van der Waals surface area (Å²) in [5.41, 5.74) is 2.23. The average molecular weight is 814 g/mol. The summed E-state index contributed by atoms with van der Waals surface area (Å²) in [4.78, 5) is 27.4. The van der Waals surface area contributed by atoms with Crippen molar-refractivity contribution in [3.63, 3.8) is 0 Å². The Bertz CT molecular complexity index is 1910. The smallest absolute Gasteiger partial charge is 0.357 e. The second-order valence-electron chi connectivity index (χ2n) is 16.7. The lowest BCUT2D eigenvalue weighted by Crippen LogP contribution is -2.48. The van der Waals surface area contributed by atoms with Gasteiger partial charge in [-0.2, -0.15) is 4.99 Å². The van der Waals surface area contributed by atoms with Crippen molar-refractivity contribution >= 4 is 72.0 Å². The number of rotatable bonds is 17. The number of morpholine rings is 1. The Morgan fingerprint density at radius 3 is 2.54 bits per heavy atom. The molecule has 54 heavy (non-hydrogen) atoms. The number of esters is 1. The molecule has 0 radical (unpaired) electrons. The number of nitrogens with zero attached hydrogens (tertiary/aromatic N) is 7. The lowest BCUT2D eigenvalue weighted by molar-refractivity contribution is 0.0154. The SMILES string of the molecule is COC(=O)c1csc(N(CCCC(CN2CCOCC2)O[Si](C)(C)C(C)(C)C)c2cc(C)c(N=c3sc4ccccc4n3COCC[Si](C)(C)C)nn2)n1. The molecule has 1 aromatic carbocycles. The van der Waals surface area contributed by atoms with Gasteiger partial charge in [0.05, 0.1) is 36.6 Å². The zero-order chi connectivity index (χ0) is 39.1. The number of ether oxygens (including phenoxy) is 3. The largest absolute Gasteiger partial charge is 0.464 e. The Hall–Kier alpha value is -2.84. The molecule has 0 N–H and O–H groups in total. The summed E-state index contributed by atoms with van der Waals surface area (Å²) in [6, 6.07) is 11.4. The van der Waals surface area contributed by atoms with E-state index in [1.807, 2.05) is 30.0 Å². The third-order valence-corrected chi connectivity index (χ3v) is 18.2. The zero-order valence-electron chi connectivity index (χ0n) is 33.8. The molecule has 0 spiro atoms. The van der Waals surface area contributed by atoms with E-state index in [2.05, 4.69) is 85.2 Å². The maximum atomic E-state index is 12.4. The number of fused-ring (bicyclic) bond motifs is 1. The first kappa shape index (κ1) is 42.3. The van der Waals surface area contributed by atoms with Crippen molar-refractivity contribution in [2.45, 2.75) is 97.2 Å². The number of hydrogen-bond acceptors (Lipinski definition) is 13. The molecular weight excluding hydrogens is 755 g/mol. The molecule has 1 aliphatic heterocycles. The predicted molar refractivity (Wildman–Crippen MR) is 225 cm³/mol. The first-order chi connectivity index (χ1) is 25.5. The monoisotopic (exact) mass is 813 g/mol. The molecule has 5 rings (SSSR count). The Morgan fingerprint density at radius 2 is 1.85 bits per heavy atom. The van der Waals surface area contributed by atoms with Crippen molar-refractivity contribution in [3.05, 3.63) is 51.8 Å². The molecule has 0 saturated carbocycles. The van der Waals surface area contributed by atoms with E-state index in [1.165, 1.54) is 18.4 Å². The second kappa shape index (κ2) is 18.4. The molecule has 0 aliphatic carbocycles. The van der Waals surface area contributed by atoms with Crippen LogP contribution in [-0.4, -0.2) is 106 Å². The van der Waals surface area contributed by atoms with Crippen LogP contribution in [0, 0.1) is 6.92 Å². The molecule has 16 heteroatoms. The maximum absolute atomic E-state index is 12.4. The second-order valence-corrected chi connectivity index (χ2v) is 28.9. The van der Waals surface area contributed by atoms with E-state index in [0.717, 1.165) is 78.9 Å². The standard InChI is InChI=1S/C38H59N7O5S2Si2/c1-28-24-33(41-42-34(28)40-37-45(27-49-22-23-53(6,7)8)31-15-11-12-16-32(31)52-37)44(36-39-30(26-51-36)35(46)47-5)17-13-14-29(25-43-18-20-48-21-19-43)50-54(9,10)38(2,3)4/h11-12,15-16,24,26,29H,13-14,17-23,25,27H2,1-10H3. The van der Waals surface area contributed by atoms with Crippen molar-refractivity contribution < 1.29 is 23.4 Å². The van der Waals surface area contributed by atoms with Crippen LogP contribution in [0.25, 0.3) is 10.2 Å². The number of benzene rings is 1. The molecule has 0 bridgehead atoms. The first-order valence-corrected chi connectivity index (χ1v) is 27.2. The van der Waals surface area contributed by atoms with Gasteiger partial charge in [-0.05, 0) is 67.7 Å². The number of carbonyl (C=O) groups excluding carboxylic acids is 1. The summed E-state index contributed by atoms with van der Waals surface area (Å²) >= 11 is 3.00. The fraction of sp³-hybridized carbons (Fsp3) is 0.605. The number of anilines is 2. The summed E-state index contributed by atoms with van der Waals surface area (Å²) in [5, 5.41) is 11.9. The van der Waals surface area contributed by atoms with E-state index < -0.39 is 22.4 Å². The summed E-state index contributed by atoms with van der Waals surface area (Å²) in [5.74, 6) is 0.721. The van der Waals surface area contributed by atoms with Crippen LogP contribution in [0.4, 0.5) is 16.8 Å². The highest BCUT2D eigenvalue weighted by atomic mass is 32.1. The van der Waals surface area contributed by atoms with Gasteiger partial charge < -0.3 is 23.5 Å². The Balaban J connectivity index is 1.41. The van der Waals surface area contributed by atoms with Crippen molar-refractivity contribution in [2.24, 2.45) is 4.99 Å². The molecule has 3 aromatic heterocycles. The number of aryl methyl sites for hydroxylation is 1. The third-order valence-electron chi connectivity index (χ3n) is 10.1. The fourth-order valence-electron chi connectivity index (χ4n) is 5.79. The van der Waals surface area contributed by atoms with Gasteiger partial charge in [0.1, 0.15) is 6.73 Å². The van der Waals surface area contributed by atoms with Crippen LogP contribution in [0.15, 0.2) is 40.7 Å². The number of para-hydroxylation sites is 1. The highest BCUT2D eigenvalue weighted by Gasteiger charge is 2.39. The molecule has 1 unspecified atom stereocenters. The minimum absolute atomic E-state index is 0.0780. The number of aromatic nitrogens is 4. The Morgan fingerprint density at radius 1 is 1.11 bits per heavy atom. The van der Waals surface area contributed by atoms with Crippen LogP contribution < -0.4 is 9.70 Å². The summed E-state index contributed by atoms with van der Waals surface area (Å²) in [7, 11) is -1.87. The molecular formula is C38H59N7O5S2Si2. The summed E-state index contributed by atoms with van der Waals surface area (Å²) in [6.07, 6.45) is 1.76. The van der Waals surface area contributed by atoms with Gasteiger partial charge in [0.25, 0.3) is 0 Å². The summed E-state index contributed by atoms with van der Waals surface area (Å²) < 4.78 is 27.1. The van der Waals surface area contributed by atoms with Gasteiger partial charge in [0.2, 0.25) is 0 Å². The fourth-order valence-corrected chi connectivity index (χ4v) is 9.77. The molecule has 4 heterocycles. The van der Waals surface area contributed by atoms with Crippen molar-refractivity contribution in [2.75, 3.05) is 58.0 Å². The van der Waals surface area contributed by atoms with E-state index >= 15 is 0 Å². The Labute approximate surface area is 330 Å². The van der Waals surface area contributed by atoms with Gasteiger partial charge in [0, 0.05) is 46.2 Å². The Kier molecular flexibility index (Phi) is 14.4. The van der Waals surface area contributed by atoms with E-state index in [4.69, 9.17) is 28.7 Å². The molecule has 1 aliphatic rings. The van der Waals surface area contributed by atoms with Gasteiger partial charge in [0.15, 0.2) is 35.6 Å². The van der Waals surface area contributed by atoms with E-state index in [0.29, 0.717) is 30.0 Å². The number of hydrogen-bond donors (Lipinski definition) is 0.